The van der Waals surface area contributed by atoms with Crippen molar-refractivity contribution in [2.75, 3.05) is 6.26 Å². The van der Waals surface area contributed by atoms with Crippen LogP contribution in [0.2, 0.25) is 0 Å². The van der Waals surface area contributed by atoms with Crippen molar-refractivity contribution in [1.29, 1.82) is 0 Å². The lowest BCUT2D eigenvalue weighted by atomic mass is 10.1. The van der Waals surface area contributed by atoms with Gasteiger partial charge in [-0.2, -0.15) is 0 Å². The van der Waals surface area contributed by atoms with Crippen LogP contribution in [0.5, 0.6) is 0 Å². The van der Waals surface area contributed by atoms with Gasteiger partial charge in [0.1, 0.15) is 0 Å². The maximum Gasteiger partial charge on any atom is 0.267 e. The number of nitrogens with zero attached hydrogens (tertiary/aromatic N) is 1. The maximum absolute atomic E-state index is 12.9. The van der Waals surface area contributed by atoms with Crippen molar-refractivity contribution in [3.63, 3.8) is 0 Å². The second kappa shape index (κ2) is 5.28. The average Bonchev–Trinajstić information content (AvgIpc) is 2.84. The lowest BCUT2D eigenvalue weighted by Gasteiger charge is -2.10. The zero-order chi connectivity index (χ0) is 15.0. The van der Waals surface area contributed by atoms with Crippen LogP contribution in [0, 0.1) is 0 Å². The van der Waals surface area contributed by atoms with Gasteiger partial charge in [0.2, 0.25) is 0 Å². The van der Waals surface area contributed by atoms with E-state index in [0.717, 1.165) is 21.4 Å². The highest BCUT2D eigenvalue weighted by atomic mass is 32.2. The van der Waals surface area contributed by atoms with Gasteiger partial charge in [-0.15, -0.1) is 11.8 Å². The predicted octanol–water partition coefficient (Wildman–Crippen LogP) is 1.86. The molecule has 0 radical (unpaired) electrons. The van der Waals surface area contributed by atoms with Crippen molar-refractivity contribution >= 4 is 46.1 Å². The highest BCUT2D eigenvalue weighted by Crippen LogP contribution is 2.28. The molecule has 0 atom stereocenters. The third-order valence-electron chi connectivity index (χ3n) is 3.44. The molecule has 0 aliphatic rings. The van der Waals surface area contributed by atoms with Gasteiger partial charge in [0.15, 0.2) is 7.85 Å². The molecule has 0 saturated carbocycles. The lowest BCUT2D eigenvalue weighted by Crippen LogP contribution is -2.24. The standard InChI is InChI=1S/C15H14BNO2S2/c1-20-14-9-5-8-13-12(14)10-15(16)17(13)21(18,19)11-6-3-2-4-7-11/h2-10H,16H2,1H3. The highest BCUT2D eigenvalue weighted by molar-refractivity contribution is 7.98. The molecule has 0 aliphatic heterocycles. The van der Waals surface area contributed by atoms with Crippen LogP contribution in [-0.2, 0) is 10.0 Å². The third-order valence-corrected chi connectivity index (χ3v) is 6.07. The van der Waals surface area contributed by atoms with Crippen molar-refractivity contribution in [2.45, 2.75) is 9.79 Å². The van der Waals surface area contributed by atoms with E-state index >= 15 is 0 Å². The number of rotatable bonds is 3. The molecule has 0 saturated heterocycles. The fourth-order valence-electron chi connectivity index (χ4n) is 2.51. The smallest absolute Gasteiger partial charge is 0.248 e. The summed E-state index contributed by atoms with van der Waals surface area (Å²) in [6, 6.07) is 16.2. The summed E-state index contributed by atoms with van der Waals surface area (Å²) in [5.74, 6) is 0. The van der Waals surface area contributed by atoms with Gasteiger partial charge in [0, 0.05) is 10.3 Å². The zero-order valence-electron chi connectivity index (χ0n) is 11.8. The van der Waals surface area contributed by atoms with Crippen LogP contribution >= 0.6 is 11.8 Å². The van der Waals surface area contributed by atoms with Crippen LogP contribution in [-0.4, -0.2) is 26.5 Å². The molecule has 21 heavy (non-hydrogen) atoms. The predicted molar refractivity (Wildman–Crippen MR) is 90.9 cm³/mol. The van der Waals surface area contributed by atoms with Crippen molar-refractivity contribution in [2.24, 2.45) is 0 Å². The van der Waals surface area contributed by atoms with E-state index in [4.69, 9.17) is 0 Å². The van der Waals surface area contributed by atoms with Crippen LogP contribution in [0.1, 0.15) is 0 Å². The molecule has 0 fully saturated rings. The van der Waals surface area contributed by atoms with Gasteiger partial charge in [-0.25, -0.2) is 12.4 Å². The first-order valence-corrected chi connectivity index (χ1v) is 9.18. The Bertz CT molecular complexity index is 902. The summed E-state index contributed by atoms with van der Waals surface area (Å²) in [5, 5.41) is 0.974. The van der Waals surface area contributed by atoms with Gasteiger partial charge in [-0.05, 0) is 42.2 Å². The summed E-state index contributed by atoms with van der Waals surface area (Å²) in [5.41, 5.74) is 1.44. The summed E-state index contributed by atoms with van der Waals surface area (Å²) < 4.78 is 27.2. The number of hydrogen-bond acceptors (Lipinski definition) is 3. The Morgan fingerprint density at radius 1 is 1.05 bits per heavy atom. The Hall–Kier alpha value is -1.66. The summed E-state index contributed by atoms with van der Waals surface area (Å²) in [6.45, 7) is 0. The summed E-state index contributed by atoms with van der Waals surface area (Å²) >= 11 is 1.62. The Balaban J connectivity index is 2.34. The molecule has 0 amide bonds. The van der Waals surface area contributed by atoms with E-state index in [-0.39, 0.29) is 0 Å². The maximum atomic E-state index is 12.9. The molecular weight excluding hydrogens is 301 g/mol. The Kier molecular flexibility index (Phi) is 3.59. The van der Waals surface area contributed by atoms with Gasteiger partial charge in [-0.3, -0.25) is 0 Å². The molecule has 0 aliphatic carbocycles. The monoisotopic (exact) mass is 315 g/mol. The van der Waals surface area contributed by atoms with E-state index in [1.165, 1.54) is 3.97 Å². The van der Waals surface area contributed by atoms with Crippen LogP contribution < -0.4 is 5.59 Å². The molecule has 0 unspecified atom stereocenters. The molecule has 0 spiro atoms. The van der Waals surface area contributed by atoms with Gasteiger partial charge in [0.25, 0.3) is 10.0 Å². The van der Waals surface area contributed by atoms with E-state index < -0.39 is 10.0 Å². The number of benzene rings is 2. The molecule has 0 N–H and O–H groups in total. The molecule has 1 aromatic heterocycles. The molecule has 1 heterocycles. The quantitative estimate of drug-likeness (QED) is 0.547. The van der Waals surface area contributed by atoms with E-state index in [2.05, 4.69) is 0 Å². The summed E-state index contributed by atoms with van der Waals surface area (Å²) in [7, 11) is -1.75. The van der Waals surface area contributed by atoms with Crippen molar-refractivity contribution < 1.29 is 8.42 Å². The number of hydrogen-bond donors (Lipinski definition) is 0. The fraction of sp³-hybridized carbons (Fsp3) is 0.0667. The minimum atomic E-state index is -3.57. The molecule has 106 valence electrons. The second-order valence-corrected chi connectivity index (χ2v) is 7.40. The van der Waals surface area contributed by atoms with Crippen LogP contribution in [0.15, 0.2) is 64.4 Å². The summed E-state index contributed by atoms with van der Waals surface area (Å²) in [6.07, 6.45) is 1.99. The van der Waals surface area contributed by atoms with Gasteiger partial charge < -0.3 is 0 Å². The molecule has 2 aromatic carbocycles. The van der Waals surface area contributed by atoms with E-state index in [9.17, 15) is 8.42 Å². The topological polar surface area (TPSA) is 39.1 Å². The summed E-state index contributed by atoms with van der Waals surface area (Å²) in [4.78, 5) is 1.39. The van der Waals surface area contributed by atoms with Crippen LogP contribution in [0.3, 0.4) is 0 Å². The van der Waals surface area contributed by atoms with Gasteiger partial charge in [-0.1, -0.05) is 24.3 Å². The lowest BCUT2D eigenvalue weighted by molar-refractivity contribution is 0.590. The van der Waals surface area contributed by atoms with Gasteiger partial charge in [0.05, 0.1) is 10.4 Å². The highest BCUT2D eigenvalue weighted by Gasteiger charge is 2.21. The SMILES string of the molecule is Bc1cc2c(SC)cccc2n1S(=O)(=O)c1ccccc1. The Morgan fingerprint density at radius 3 is 2.43 bits per heavy atom. The van der Waals surface area contributed by atoms with E-state index in [1.54, 1.807) is 36.0 Å². The first-order valence-electron chi connectivity index (χ1n) is 6.51. The molecule has 3 nitrogen and oxygen atoms in total. The second-order valence-electron chi connectivity index (χ2n) is 4.76. The number of thioether (sulfide) groups is 1. The zero-order valence-corrected chi connectivity index (χ0v) is 13.4. The van der Waals surface area contributed by atoms with Crippen molar-refractivity contribution in [3.05, 3.63) is 54.6 Å². The van der Waals surface area contributed by atoms with Crippen LogP contribution in [0.25, 0.3) is 10.9 Å². The third kappa shape index (κ3) is 2.28. The van der Waals surface area contributed by atoms with Crippen molar-refractivity contribution in [1.82, 2.24) is 3.97 Å². The van der Waals surface area contributed by atoms with E-state index in [1.807, 2.05) is 44.4 Å². The minimum Gasteiger partial charge on any atom is -0.248 e. The van der Waals surface area contributed by atoms with Crippen LogP contribution in [0.4, 0.5) is 0 Å². The largest absolute Gasteiger partial charge is 0.267 e. The first-order chi connectivity index (χ1) is 10.1. The number of fused-ring (bicyclic) bond motifs is 1. The fourth-order valence-corrected chi connectivity index (χ4v) is 4.67. The van der Waals surface area contributed by atoms with Crippen molar-refractivity contribution in [3.8, 4) is 0 Å². The Morgan fingerprint density at radius 2 is 1.76 bits per heavy atom. The molecule has 3 aromatic rings. The molecule has 6 heteroatoms. The number of aromatic nitrogens is 1. The normalized spacial score (nSPS) is 11.9. The molecule has 0 bridgehead atoms. The van der Waals surface area contributed by atoms with Gasteiger partial charge >= 0.3 is 0 Å². The molecular formula is C15H14BNO2S2. The first kappa shape index (κ1) is 14.3. The Labute approximate surface area is 129 Å². The van der Waals surface area contributed by atoms with E-state index in [0.29, 0.717) is 4.90 Å². The molecule has 3 rings (SSSR count). The minimum absolute atomic E-state index is 0.306. The average molecular weight is 315 g/mol.